The summed E-state index contributed by atoms with van der Waals surface area (Å²) in [5, 5.41) is 6.38. The maximum atomic E-state index is 12.7. The Balaban J connectivity index is 1.56. The molecule has 146 valence electrons. The lowest BCUT2D eigenvalue weighted by Crippen LogP contribution is -3.14. The van der Waals surface area contributed by atoms with Gasteiger partial charge >= 0.3 is 0 Å². The Labute approximate surface area is 157 Å². The second-order valence-electron chi connectivity index (χ2n) is 6.54. The number of amides is 2. The van der Waals surface area contributed by atoms with Gasteiger partial charge in [0.15, 0.2) is 11.6 Å². The summed E-state index contributed by atoms with van der Waals surface area (Å²) in [5.41, 5.74) is 0. The lowest BCUT2D eigenvalue weighted by Gasteiger charge is -2.25. The zero-order valence-electron chi connectivity index (χ0n) is 15.4. The smallest absolute Gasteiger partial charge is 0.290 e. The molecule has 2 aromatic heterocycles. The molecule has 1 aliphatic heterocycles. The van der Waals surface area contributed by atoms with E-state index in [1.807, 2.05) is 0 Å². The maximum absolute atomic E-state index is 12.7. The van der Waals surface area contributed by atoms with Crippen LogP contribution in [0, 0.1) is 6.92 Å². The molecule has 9 nitrogen and oxygen atoms in total. The molecular formula is C18H25N4O5+. The number of hydrogen-bond acceptors (Lipinski definition) is 6. The third-order valence-electron chi connectivity index (χ3n) is 4.41. The van der Waals surface area contributed by atoms with E-state index in [9.17, 15) is 9.59 Å². The van der Waals surface area contributed by atoms with E-state index in [-0.39, 0.29) is 24.1 Å². The monoisotopic (exact) mass is 377 g/mol. The van der Waals surface area contributed by atoms with Gasteiger partial charge in [-0.05, 0) is 19.1 Å². The van der Waals surface area contributed by atoms with Crippen molar-refractivity contribution in [1.82, 2.24) is 10.1 Å². The van der Waals surface area contributed by atoms with Crippen LogP contribution in [0.4, 0.5) is 5.82 Å². The molecule has 0 unspecified atom stereocenters. The topological polar surface area (TPSA) is 102 Å². The van der Waals surface area contributed by atoms with E-state index in [0.717, 1.165) is 39.3 Å². The van der Waals surface area contributed by atoms with Gasteiger partial charge in [-0.15, -0.1) is 0 Å². The molecule has 0 spiro atoms. The van der Waals surface area contributed by atoms with Crippen molar-refractivity contribution >= 4 is 17.6 Å². The first kappa shape index (κ1) is 19.1. The summed E-state index contributed by atoms with van der Waals surface area (Å²) in [6, 6.07) is 4.88. The highest BCUT2D eigenvalue weighted by Crippen LogP contribution is 2.09. The van der Waals surface area contributed by atoms with Gasteiger partial charge in [0.25, 0.3) is 5.91 Å². The molecule has 3 heterocycles. The predicted octanol–water partition coefficient (Wildman–Crippen LogP) is -0.0379. The van der Waals surface area contributed by atoms with E-state index in [4.69, 9.17) is 13.7 Å². The maximum Gasteiger partial charge on any atom is 0.290 e. The highest BCUT2D eigenvalue weighted by molar-refractivity contribution is 5.97. The van der Waals surface area contributed by atoms with Gasteiger partial charge in [0, 0.05) is 19.0 Å². The van der Waals surface area contributed by atoms with Crippen molar-refractivity contribution < 1.29 is 28.2 Å². The number of anilines is 1. The fourth-order valence-electron chi connectivity index (χ4n) is 3.02. The third-order valence-corrected chi connectivity index (χ3v) is 4.41. The summed E-state index contributed by atoms with van der Waals surface area (Å²) in [6.45, 7) is 6.53. The van der Waals surface area contributed by atoms with Crippen molar-refractivity contribution in [3.05, 3.63) is 36.0 Å². The number of carbonyl (C=O) groups is 2. The highest BCUT2D eigenvalue weighted by Gasteiger charge is 2.22. The van der Waals surface area contributed by atoms with Crippen LogP contribution in [0.5, 0.6) is 0 Å². The summed E-state index contributed by atoms with van der Waals surface area (Å²) in [5.74, 6) is 0.521. The van der Waals surface area contributed by atoms with E-state index in [2.05, 4.69) is 10.5 Å². The summed E-state index contributed by atoms with van der Waals surface area (Å²) in [7, 11) is 0. The number of rotatable bonds is 8. The number of ether oxygens (including phenoxy) is 1. The Morgan fingerprint density at radius 2 is 2.15 bits per heavy atom. The van der Waals surface area contributed by atoms with Crippen LogP contribution in [0.2, 0.25) is 0 Å². The molecule has 27 heavy (non-hydrogen) atoms. The van der Waals surface area contributed by atoms with Crippen LogP contribution in [0.3, 0.4) is 0 Å². The predicted molar refractivity (Wildman–Crippen MR) is 95.5 cm³/mol. The van der Waals surface area contributed by atoms with Crippen molar-refractivity contribution in [3.8, 4) is 0 Å². The van der Waals surface area contributed by atoms with E-state index in [1.165, 1.54) is 16.1 Å². The Bertz CT molecular complexity index is 737. The number of aromatic nitrogens is 1. The SMILES string of the molecule is Cc1cc(NC(=O)CN(CCC[NH+]2CCOCC2)C(=O)c2ccco2)no1. The fraction of sp³-hybridized carbons (Fsp3) is 0.500. The minimum atomic E-state index is -0.332. The van der Waals surface area contributed by atoms with Gasteiger partial charge in [0.05, 0.1) is 26.0 Å². The molecule has 9 heteroatoms. The first-order valence-corrected chi connectivity index (χ1v) is 9.09. The second-order valence-corrected chi connectivity index (χ2v) is 6.54. The number of morpholine rings is 1. The molecule has 2 amide bonds. The zero-order valence-corrected chi connectivity index (χ0v) is 15.4. The number of hydrogen-bond donors (Lipinski definition) is 2. The number of quaternary nitrogens is 1. The summed E-state index contributed by atoms with van der Waals surface area (Å²) < 4.78 is 15.5. The number of furan rings is 1. The molecule has 3 rings (SSSR count). The summed E-state index contributed by atoms with van der Waals surface area (Å²) >= 11 is 0. The molecule has 0 radical (unpaired) electrons. The number of carbonyl (C=O) groups excluding carboxylic acids is 2. The number of nitrogens with one attached hydrogen (secondary N) is 2. The molecule has 0 atom stereocenters. The van der Waals surface area contributed by atoms with Crippen LogP contribution in [0.1, 0.15) is 22.7 Å². The van der Waals surface area contributed by atoms with Gasteiger partial charge in [0.1, 0.15) is 25.4 Å². The zero-order chi connectivity index (χ0) is 19.1. The van der Waals surface area contributed by atoms with Crippen LogP contribution in [-0.4, -0.2) is 67.8 Å². The third kappa shape index (κ3) is 5.66. The standard InChI is InChI=1S/C18H24N4O5/c1-14-12-16(20-27-14)19-17(23)13-22(18(24)15-4-2-9-26-15)6-3-5-21-7-10-25-11-8-21/h2,4,9,12H,3,5-8,10-11,13H2,1H3,(H,19,20,23)/p+1. The Kier molecular flexibility index (Phi) is 6.61. The van der Waals surface area contributed by atoms with Crippen LogP contribution < -0.4 is 10.2 Å². The second kappa shape index (κ2) is 9.33. The fourth-order valence-corrected chi connectivity index (χ4v) is 3.02. The molecule has 0 saturated carbocycles. The number of nitrogens with zero attached hydrogens (tertiary/aromatic N) is 2. The van der Waals surface area contributed by atoms with Crippen LogP contribution >= 0.6 is 0 Å². The molecule has 0 bridgehead atoms. The lowest BCUT2D eigenvalue weighted by molar-refractivity contribution is -0.908. The first-order valence-electron chi connectivity index (χ1n) is 9.09. The van der Waals surface area contributed by atoms with Crippen molar-refractivity contribution in [2.24, 2.45) is 0 Å². The number of aryl methyl sites for hydroxylation is 1. The average molecular weight is 377 g/mol. The molecule has 0 aromatic carbocycles. The minimum absolute atomic E-state index is 0.0795. The van der Waals surface area contributed by atoms with Gasteiger partial charge in [-0.3, -0.25) is 9.59 Å². The van der Waals surface area contributed by atoms with Crippen LogP contribution in [0.25, 0.3) is 0 Å². The van der Waals surface area contributed by atoms with E-state index in [0.29, 0.717) is 18.1 Å². The first-order chi connectivity index (χ1) is 13.1. The molecule has 2 N–H and O–H groups in total. The van der Waals surface area contributed by atoms with E-state index in [1.54, 1.807) is 25.1 Å². The molecule has 1 saturated heterocycles. The minimum Gasteiger partial charge on any atom is -0.459 e. The molecule has 0 aliphatic carbocycles. The van der Waals surface area contributed by atoms with Gasteiger partial charge in [-0.25, -0.2) is 0 Å². The average Bonchev–Trinajstić information content (AvgIpc) is 3.33. The van der Waals surface area contributed by atoms with Crippen molar-refractivity contribution in [2.45, 2.75) is 13.3 Å². The Morgan fingerprint density at radius 1 is 1.33 bits per heavy atom. The Morgan fingerprint density at radius 3 is 2.81 bits per heavy atom. The van der Waals surface area contributed by atoms with Crippen LogP contribution in [0.15, 0.2) is 33.4 Å². The van der Waals surface area contributed by atoms with Crippen molar-refractivity contribution in [2.75, 3.05) is 51.3 Å². The van der Waals surface area contributed by atoms with Crippen molar-refractivity contribution in [3.63, 3.8) is 0 Å². The van der Waals surface area contributed by atoms with E-state index < -0.39 is 0 Å². The van der Waals surface area contributed by atoms with Gasteiger partial charge < -0.3 is 28.8 Å². The largest absolute Gasteiger partial charge is 0.459 e. The van der Waals surface area contributed by atoms with Gasteiger partial charge in [0.2, 0.25) is 5.91 Å². The van der Waals surface area contributed by atoms with E-state index >= 15 is 0 Å². The van der Waals surface area contributed by atoms with Gasteiger partial charge in [-0.2, -0.15) is 0 Å². The molecular weight excluding hydrogens is 352 g/mol. The lowest BCUT2D eigenvalue weighted by atomic mass is 10.3. The quantitative estimate of drug-likeness (QED) is 0.669. The highest BCUT2D eigenvalue weighted by atomic mass is 16.5. The molecule has 1 aliphatic rings. The normalized spacial score (nSPS) is 14.9. The Hall–Kier alpha value is -2.65. The molecule has 2 aromatic rings. The van der Waals surface area contributed by atoms with Crippen molar-refractivity contribution in [1.29, 1.82) is 0 Å². The van der Waals surface area contributed by atoms with Crippen LogP contribution in [-0.2, 0) is 9.53 Å². The molecule has 1 fully saturated rings. The summed E-state index contributed by atoms with van der Waals surface area (Å²) in [4.78, 5) is 28.0. The summed E-state index contributed by atoms with van der Waals surface area (Å²) in [6.07, 6.45) is 2.24. The van der Waals surface area contributed by atoms with Gasteiger partial charge in [-0.1, -0.05) is 5.16 Å².